The van der Waals surface area contributed by atoms with Crippen molar-refractivity contribution in [2.75, 3.05) is 24.3 Å². The van der Waals surface area contributed by atoms with E-state index in [-0.39, 0.29) is 21.6 Å². The molecule has 2 aromatic carbocycles. The molecule has 0 spiro atoms. The van der Waals surface area contributed by atoms with Crippen LogP contribution in [0.1, 0.15) is 23.6 Å². The number of aromatic nitrogens is 2. The second-order valence-electron chi connectivity index (χ2n) is 7.50. The number of benzene rings is 2. The molecule has 9 nitrogen and oxygen atoms in total. The number of rotatable bonds is 10. The Morgan fingerprint density at radius 1 is 1.09 bits per heavy atom. The fourth-order valence-corrected chi connectivity index (χ4v) is 4.57. The Morgan fingerprint density at radius 3 is 2.31 bits per heavy atom. The Labute approximate surface area is 208 Å². The molecule has 0 saturated carbocycles. The average molecular weight is 513 g/mol. The van der Waals surface area contributed by atoms with Gasteiger partial charge in [-0.25, -0.2) is 8.42 Å². The van der Waals surface area contributed by atoms with Crippen LogP contribution in [0.25, 0.3) is 6.08 Å². The van der Waals surface area contributed by atoms with E-state index in [2.05, 4.69) is 20.7 Å². The van der Waals surface area contributed by atoms with Crippen molar-refractivity contribution in [2.24, 2.45) is 0 Å². The Balaban J connectivity index is 1.55. The third kappa shape index (κ3) is 7.37. The highest BCUT2D eigenvalue weighted by Gasteiger charge is 2.20. The summed E-state index contributed by atoms with van der Waals surface area (Å²) in [5, 5.41) is 11.4. The van der Waals surface area contributed by atoms with E-state index in [9.17, 15) is 18.5 Å². The highest BCUT2D eigenvalue weighted by atomic mass is 32.2. The molecule has 1 aromatic heterocycles. The van der Waals surface area contributed by atoms with Gasteiger partial charge in [0.25, 0.3) is 11.1 Å². The van der Waals surface area contributed by atoms with Crippen molar-refractivity contribution in [2.45, 2.75) is 25.9 Å². The standard InChI is InChI=1S/C24H24N4O5S2/c1-4-35(30,31)24-27-23(34-28-24)26-22(29)19(15-25)14-18-5-7-20(8-6-18)32-9-10-33-21-12-16(2)11-17(3)13-21/h5-8,11-14H,4,9-10H2,1-3H3,(H,26,27,28,29). The van der Waals surface area contributed by atoms with Crippen LogP contribution < -0.4 is 14.8 Å². The molecule has 0 radical (unpaired) electrons. The number of carbonyl (C=O) groups excluding carboxylic acids is 1. The minimum absolute atomic E-state index is 0.00466. The normalized spacial score (nSPS) is 11.5. The van der Waals surface area contributed by atoms with Gasteiger partial charge in [0.15, 0.2) is 0 Å². The lowest BCUT2D eigenvalue weighted by molar-refractivity contribution is -0.112. The molecule has 0 fully saturated rings. The maximum atomic E-state index is 12.4. The highest BCUT2D eigenvalue weighted by molar-refractivity contribution is 7.91. The number of amides is 1. The van der Waals surface area contributed by atoms with E-state index >= 15 is 0 Å². The first kappa shape index (κ1) is 25.9. The first-order valence-corrected chi connectivity index (χ1v) is 13.1. The summed E-state index contributed by atoms with van der Waals surface area (Å²) in [6.45, 7) is 6.24. The molecule has 1 heterocycles. The third-order valence-corrected chi connectivity index (χ3v) is 6.90. The van der Waals surface area contributed by atoms with Gasteiger partial charge >= 0.3 is 0 Å². The Kier molecular flexibility index (Phi) is 8.57. The Bertz CT molecular complexity index is 1350. The van der Waals surface area contributed by atoms with Gasteiger partial charge in [-0.3, -0.25) is 10.1 Å². The van der Waals surface area contributed by atoms with Crippen molar-refractivity contribution in [3.8, 4) is 17.6 Å². The molecule has 0 aliphatic heterocycles. The van der Waals surface area contributed by atoms with Crippen LogP contribution in [0.4, 0.5) is 5.13 Å². The lowest BCUT2D eigenvalue weighted by Crippen LogP contribution is -2.13. The van der Waals surface area contributed by atoms with Crippen molar-refractivity contribution in [3.05, 3.63) is 64.7 Å². The number of hydrogen-bond donors (Lipinski definition) is 1. The topological polar surface area (TPSA) is 131 Å². The van der Waals surface area contributed by atoms with Crippen LogP contribution in [0.2, 0.25) is 0 Å². The van der Waals surface area contributed by atoms with Gasteiger partial charge in [0.05, 0.1) is 5.75 Å². The van der Waals surface area contributed by atoms with Crippen molar-refractivity contribution in [1.29, 1.82) is 5.26 Å². The Morgan fingerprint density at radius 2 is 1.71 bits per heavy atom. The molecule has 1 N–H and O–H groups in total. The van der Waals surface area contributed by atoms with Crippen LogP contribution in [0.5, 0.6) is 11.5 Å². The fraction of sp³-hybridized carbons (Fsp3) is 0.250. The minimum atomic E-state index is -3.58. The summed E-state index contributed by atoms with van der Waals surface area (Å²) in [7, 11) is -3.58. The van der Waals surface area contributed by atoms with Crippen LogP contribution in [-0.4, -0.2) is 42.6 Å². The zero-order valence-electron chi connectivity index (χ0n) is 19.4. The predicted octanol–water partition coefficient (Wildman–Crippen LogP) is 3.95. The molecule has 0 aliphatic carbocycles. The fourth-order valence-electron chi connectivity index (χ4n) is 2.99. The van der Waals surface area contributed by atoms with Gasteiger partial charge in [-0.05, 0) is 60.9 Å². The maximum Gasteiger partial charge on any atom is 0.268 e. The van der Waals surface area contributed by atoms with Crippen LogP contribution in [0.3, 0.4) is 0 Å². The number of hydrogen-bond acceptors (Lipinski definition) is 9. The smallest absolute Gasteiger partial charge is 0.268 e. The van der Waals surface area contributed by atoms with E-state index < -0.39 is 15.7 Å². The molecule has 0 atom stereocenters. The largest absolute Gasteiger partial charge is 0.490 e. The quantitative estimate of drug-likeness (QED) is 0.245. The summed E-state index contributed by atoms with van der Waals surface area (Å²) < 4.78 is 38.8. The van der Waals surface area contributed by atoms with E-state index in [1.54, 1.807) is 24.3 Å². The monoisotopic (exact) mass is 512 g/mol. The summed E-state index contributed by atoms with van der Waals surface area (Å²) in [6.07, 6.45) is 1.41. The third-order valence-electron chi connectivity index (χ3n) is 4.66. The molecule has 0 bridgehead atoms. The molecular weight excluding hydrogens is 488 g/mol. The molecule has 3 aromatic rings. The second kappa shape index (κ2) is 11.6. The van der Waals surface area contributed by atoms with Crippen LogP contribution in [0.15, 0.2) is 53.2 Å². The number of nitrogens with zero attached hydrogens (tertiary/aromatic N) is 3. The number of aryl methyl sites for hydroxylation is 2. The first-order chi connectivity index (χ1) is 16.7. The molecule has 182 valence electrons. The molecule has 0 aliphatic rings. The minimum Gasteiger partial charge on any atom is -0.490 e. The second-order valence-corrected chi connectivity index (χ2v) is 10.4. The van der Waals surface area contributed by atoms with E-state index in [0.717, 1.165) is 28.4 Å². The number of anilines is 1. The number of nitriles is 1. The van der Waals surface area contributed by atoms with Gasteiger partial charge in [-0.15, -0.1) is 0 Å². The maximum absolute atomic E-state index is 12.4. The Hall–Kier alpha value is -3.75. The van der Waals surface area contributed by atoms with Crippen molar-refractivity contribution >= 4 is 38.5 Å². The summed E-state index contributed by atoms with van der Waals surface area (Å²) in [5.41, 5.74) is 2.71. The molecule has 35 heavy (non-hydrogen) atoms. The van der Waals surface area contributed by atoms with Gasteiger partial charge in [-0.2, -0.15) is 14.6 Å². The first-order valence-electron chi connectivity index (χ1n) is 10.6. The molecule has 0 saturated heterocycles. The van der Waals surface area contributed by atoms with Crippen molar-refractivity contribution in [3.63, 3.8) is 0 Å². The zero-order valence-corrected chi connectivity index (χ0v) is 21.1. The van der Waals surface area contributed by atoms with Gasteiger partial charge in [-0.1, -0.05) is 25.1 Å². The SMILES string of the molecule is CCS(=O)(=O)c1nsc(NC(=O)C(C#N)=Cc2ccc(OCCOc3cc(C)cc(C)c3)cc2)n1. The van der Waals surface area contributed by atoms with Gasteiger partial charge in [0, 0.05) is 11.5 Å². The van der Waals surface area contributed by atoms with E-state index in [1.807, 2.05) is 32.0 Å². The number of ether oxygens (including phenoxy) is 2. The van der Waals surface area contributed by atoms with Gasteiger partial charge < -0.3 is 9.47 Å². The number of sulfone groups is 1. The van der Waals surface area contributed by atoms with E-state index in [4.69, 9.17) is 9.47 Å². The van der Waals surface area contributed by atoms with E-state index in [0.29, 0.717) is 24.5 Å². The highest BCUT2D eigenvalue weighted by Crippen LogP contribution is 2.19. The predicted molar refractivity (Wildman–Crippen MR) is 133 cm³/mol. The van der Waals surface area contributed by atoms with Crippen LogP contribution >= 0.6 is 11.5 Å². The lowest BCUT2D eigenvalue weighted by atomic mass is 10.1. The summed E-state index contributed by atoms with van der Waals surface area (Å²) >= 11 is 0.730. The van der Waals surface area contributed by atoms with Gasteiger partial charge in [0.1, 0.15) is 36.4 Å². The average Bonchev–Trinajstić information content (AvgIpc) is 3.30. The summed E-state index contributed by atoms with van der Waals surface area (Å²) in [5.74, 6) is 0.547. The lowest BCUT2D eigenvalue weighted by Gasteiger charge is -2.10. The molecule has 0 unspecified atom stereocenters. The summed E-state index contributed by atoms with van der Waals surface area (Å²) in [4.78, 5) is 16.2. The van der Waals surface area contributed by atoms with Crippen molar-refractivity contribution in [1.82, 2.24) is 9.36 Å². The van der Waals surface area contributed by atoms with Crippen LogP contribution in [-0.2, 0) is 14.6 Å². The van der Waals surface area contributed by atoms with Crippen LogP contribution in [0, 0.1) is 25.2 Å². The number of carbonyl (C=O) groups is 1. The molecule has 11 heteroatoms. The number of nitrogens with one attached hydrogen (secondary N) is 1. The zero-order chi connectivity index (χ0) is 25.4. The van der Waals surface area contributed by atoms with Gasteiger partial charge in [0.2, 0.25) is 15.0 Å². The molecular formula is C24H24N4O5S2. The molecule has 3 rings (SSSR count). The summed E-state index contributed by atoms with van der Waals surface area (Å²) in [6, 6.07) is 14.7. The van der Waals surface area contributed by atoms with Crippen molar-refractivity contribution < 1.29 is 22.7 Å². The molecule has 1 amide bonds. The van der Waals surface area contributed by atoms with E-state index in [1.165, 1.54) is 13.0 Å².